The topological polar surface area (TPSA) is 156 Å². The molecule has 0 bridgehead atoms. The lowest BCUT2D eigenvalue weighted by atomic mass is 9.76. The monoisotopic (exact) mass is 516 g/mol. The maximum absolute atomic E-state index is 13.1. The third kappa shape index (κ3) is 10.0. The van der Waals surface area contributed by atoms with Crippen molar-refractivity contribution in [3.05, 3.63) is 0 Å². The second kappa shape index (κ2) is 17.3. The first kappa shape index (κ1) is 33.8. The first-order valence-corrected chi connectivity index (χ1v) is 13.4. The number of hydrogen-bond donors (Lipinski definition) is 4. The van der Waals surface area contributed by atoms with Crippen LogP contribution in [0.2, 0.25) is 0 Å². The van der Waals surface area contributed by atoms with Crippen LogP contribution in [-0.2, 0) is 19.2 Å². The van der Waals surface area contributed by atoms with Crippen LogP contribution in [0.5, 0.6) is 0 Å². The fraction of sp³-hybridized carbons (Fsp3) is 0.846. The number of nitrogens with zero attached hydrogens (tertiary/aromatic N) is 2. The molecule has 0 unspecified atom stereocenters. The zero-order chi connectivity index (χ0) is 27.8. The maximum atomic E-state index is 13.1. The largest absolute Gasteiger partial charge is 0.480 e. The minimum Gasteiger partial charge on any atom is -0.480 e. The molecular weight excluding hydrogens is 468 g/mol. The van der Waals surface area contributed by atoms with E-state index < -0.39 is 48.0 Å². The molecule has 0 aliphatic rings. The average molecular weight is 517 g/mol. The van der Waals surface area contributed by atoms with Crippen molar-refractivity contribution in [1.29, 1.82) is 0 Å². The molecule has 0 spiro atoms. The van der Waals surface area contributed by atoms with Gasteiger partial charge in [-0.05, 0) is 25.7 Å². The fourth-order valence-corrected chi connectivity index (χ4v) is 5.00. The second-order valence-corrected chi connectivity index (χ2v) is 9.74. The highest BCUT2D eigenvalue weighted by molar-refractivity contribution is 5.83. The van der Waals surface area contributed by atoms with Gasteiger partial charge in [-0.15, -0.1) is 0 Å². The van der Waals surface area contributed by atoms with E-state index in [4.69, 9.17) is 0 Å². The van der Waals surface area contributed by atoms with Crippen molar-refractivity contribution in [2.75, 3.05) is 26.2 Å². The summed E-state index contributed by atoms with van der Waals surface area (Å²) in [5, 5.41) is 39.9. The van der Waals surface area contributed by atoms with Gasteiger partial charge in [-0.3, -0.25) is 29.0 Å². The number of carboxylic acids is 4. The molecule has 0 aliphatic carbocycles. The van der Waals surface area contributed by atoms with Gasteiger partial charge in [-0.1, -0.05) is 79.1 Å². The van der Waals surface area contributed by atoms with E-state index in [0.717, 1.165) is 25.7 Å². The minimum atomic E-state index is -1.45. The molecule has 10 nitrogen and oxygen atoms in total. The lowest BCUT2D eigenvalue weighted by Gasteiger charge is -2.51. The highest BCUT2D eigenvalue weighted by Crippen LogP contribution is 2.40. The molecule has 0 aromatic rings. The fourth-order valence-electron chi connectivity index (χ4n) is 5.00. The van der Waals surface area contributed by atoms with Gasteiger partial charge in [0, 0.05) is 13.1 Å². The predicted molar refractivity (Wildman–Crippen MR) is 137 cm³/mol. The molecule has 4 N–H and O–H groups in total. The molecule has 0 saturated carbocycles. The van der Waals surface area contributed by atoms with Crippen LogP contribution in [0.15, 0.2) is 0 Å². The van der Waals surface area contributed by atoms with Crippen molar-refractivity contribution in [1.82, 2.24) is 9.80 Å². The molecule has 0 atom stereocenters. The Morgan fingerprint density at radius 2 is 0.861 bits per heavy atom. The Bertz CT molecular complexity index is 627. The van der Waals surface area contributed by atoms with E-state index in [9.17, 15) is 39.6 Å². The molecule has 0 saturated heterocycles. The number of unbranched alkanes of at least 4 members (excludes halogenated alkanes) is 4. The summed E-state index contributed by atoms with van der Waals surface area (Å²) < 4.78 is 0. The molecule has 0 heterocycles. The number of rotatable bonds is 23. The zero-order valence-corrected chi connectivity index (χ0v) is 22.6. The summed E-state index contributed by atoms with van der Waals surface area (Å²) in [6.45, 7) is 6.63. The van der Waals surface area contributed by atoms with Gasteiger partial charge in [0.2, 0.25) is 0 Å². The zero-order valence-electron chi connectivity index (χ0n) is 22.6. The van der Waals surface area contributed by atoms with Gasteiger partial charge < -0.3 is 20.4 Å². The van der Waals surface area contributed by atoms with Gasteiger partial charge in [0.1, 0.15) is 11.1 Å². The van der Waals surface area contributed by atoms with Crippen molar-refractivity contribution in [3.8, 4) is 0 Å². The molecular formula is C26H48N2O8. The highest BCUT2D eigenvalue weighted by Gasteiger charge is 2.55. The van der Waals surface area contributed by atoms with Crippen LogP contribution in [0, 0.1) is 0 Å². The summed E-state index contributed by atoms with van der Waals surface area (Å²) in [7, 11) is 0. The van der Waals surface area contributed by atoms with Gasteiger partial charge in [0.15, 0.2) is 0 Å². The summed E-state index contributed by atoms with van der Waals surface area (Å²) in [4.78, 5) is 51.7. The molecule has 0 aliphatic heterocycles. The summed E-state index contributed by atoms with van der Waals surface area (Å²) >= 11 is 0. The van der Waals surface area contributed by atoms with E-state index in [1.54, 1.807) is 4.90 Å². The smallest absolute Gasteiger partial charge is 0.324 e. The van der Waals surface area contributed by atoms with Crippen molar-refractivity contribution < 1.29 is 39.6 Å². The molecule has 0 amide bonds. The Hall–Kier alpha value is -2.20. The third-order valence-corrected chi connectivity index (χ3v) is 6.96. The van der Waals surface area contributed by atoms with Crippen LogP contribution in [-0.4, -0.2) is 91.4 Å². The Kier molecular flexibility index (Phi) is 16.2. The van der Waals surface area contributed by atoms with E-state index in [2.05, 4.69) is 0 Å². The Labute approximate surface area is 215 Å². The first-order valence-electron chi connectivity index (χ1n) is 13.4. The van der Waals surface area contributed by atoms with Crippen LogP contribution in [0.3, 0.4) is 0 Å². The summed E-state index contributed by atoms with van der Waals surface area (Å²) in [5.41, 5.74) is -2.91. The van der Waals surface area contributed by atoms with Crippen LogP contribution < -0.4 is 0 Å². The van der Waals surface area contributed by atoms with Crippen molar-refractivity contribution in [2.24, 2.45) is 0 Å². The molecule has 36 heavy (non-hydrogen) atoms. The van der Waals surface area contributed by atoms with E-state index in [1.165, 1.54) is 4.90 Å². The summed E-state index contributed by atoms with van der Waals surface area (Å²) in [6.07, 6.45) is 6.41. The summed E-state index contributed by atoms with van der Waals surface area (Å²) in [5.74, 6) is -4.56. The van der Waals surface area contributed by atoms with Gasteiger partial charge in [0.25, 0.3) is 0 Å². The first-order chi connectivity index (χ1) is 17.0. The average Bonchev–Trinajstić information content (AvgIpc) is 2.80. The Morgan fingerprint density at radius 1 is 0.556 bits per heavy atom. The van der Waals surface area contributed by atoms with Gasteiger partial charge >= 0.3 is 23.9 Å². The van der Waals surface area contributed by atoms with E-state index in [0.29, 0.717) is 25.7 Å². The quantitative estimate of drug-likeness (QED) is 0.155. The molecule has 0 radical (unpaired) electrons. The SMILES string of the molecule is CCCCC(CCCC)(C(=O)O)N(CCN(CC(=O)O)CC(=O)O)C(CCCC)(CCCC)C(=O)O. The number of aliphatic carboxylic acids is 4. The molecule has 0 aromatic heterocycles. The Balaban J connectivity index is 6.92. The number of hydrogen-bond acceptors (Lipinski definition) is 6. The van der Waals surface area contributed by atoms with Crippen molar-refractivity contribution in [2.45, 2.75) is 116 Å². The Morgan fingerprint density at radius 3 is 1.08 bits per heavy atom. The van der Waals surface area contributed by atoms with Crippen molar-refractivity contribution >= 4 is 23.9 Å². The maximum Gasteiger partial charge on any atom is 0.324 e. The molecule has 0 rings (SSSR count). The third-order valence-electron chi connectivity index (χ3n) is 6.96. The molecule has 0 fully saturated rings. The lowest BCUT2D eigenvalue weighted by molar-refractivity contribution is -0.174. The predicted octanol–water partition coefficient (Wildman–Crippen LogP) is 4.17. The lowest BCUT2D eigenvalue weighted by Crippen LogP contribution is -2.68. The van der Waals surface area contributed by atoms with Crippen LogP contribution in [0.25, 0.3) is 0 Å². The molecule has 0 aromatic carbocycles. The van der Waals surface area contributed by atoms with E-state index in [-0.39, 0.29) is 38.8 Å². The highest BCUT2D eigenvalue weighted by atomic mass is 16.4. The van der Waals surface area contributed by atoms with Gasteiger partial charge in [0.05, 0.1) is 13.1 Å². The van der Waals surface area contributed by atoms with Crippen LogP contribution in [0.1, 0.15) is 105 Å². The summed E-state index contributed by atoms with van der Waals surface area (Å²) in [6, 6.07) is 0. The number of carboxylic acid groups (broad SMARTS) is 4. The minimum absolute atomic E-state index is 0.0555. The van der Waals surface area contributed by atoms with E-state index >= 15 is 0 Å². The van der Waals surface area contributed by atoms with Gasteiger partial charge in [-0.25, -0.2) is 0 Å². The standard InChI is InChI=1S/C26H48N2O8/c1-5-9-13-25(23(33)34,14-10-6-2)28(18-17-27(19-21(29)30)20-22(31)32)26(24(35)36,15-11-7-3)16-12-8-4/h5-20H2,1-4H3,(H,29,30)(H,31,32)(H,33,34)(H,35,36). The van der Waals surface area contributed by atoms with Crippen molar-refractivity contribution in [3.63, 3.8) is 0 Å². The van der Waals surface area contributed by atoms with Crippen LogP contribution >= 0.6 is 0 Å². The van der Waals surface area contributed by atoms with Gasteiger partial charge in [-0.2, -0.15) is 0 Å². The second-order valence-electron chi connectivity index (χ2n) is 9.74. The molecule has 10 heteroatoms. The van der Waals surface area contributed by atoms with Crippen LogP contribution in [0.4, 0.5) is 0 Å². The molecule has 210 valence electrons. The normalized spacial score (nSPS) is 12.3. The van der Waals surface area contributed by atoms with E-state index in [1.807, 2.05) is 27.7 Å². The number of carbonyl (C=O) groups is 4.